The second kappa shape index (κ2) is 5.99. The van der Waals surface area contributed by atoms with Crippen LogP contribution in [0.3, 0.4) is 0 Å². The molecule has 1 aromatic rings. The van der Waals surface area contributed by atoms with Gasteiger partial charge in [0.25, 0.3) is 0 Å². The zero-order valence-electron chi connectivity index (χ0n) is 16.1. The van der Waals surface area contributed by atoms with Crippen molar-refractivity contribution in [3.05, 3.63) is 35.9 Å². The Morgan fingerprint density at radius 2 is 1.42 bits per heavy atom. The Morgan fingerprint density at radius 3 is 1.83 bits per heavy atom. The summed E-state index contributed by atoms with van der Waals surface area (Å²) in [4.78, 5) is 16.0. The summed E-state index contributed by atoms with van der Waals surface area (Å²) in [5.41, 5.74) is 0.689. The van der Waals surface area contributed by atoms with E-state index in [0.29, 0.717) is 5.56 Å². The van der Waals surface area contributed by atoms with Gasteiger partial charge in [-0.1, -0.05) is 18.2 Å². The summed E-state index contributed by atoms with van der Waals surface area (Å²) in [5, 5.41) is 0. The van der Waals surface area contributed by atoms with E-state index in [0.717, 1.165) is 0 Å². The molecule has 1 saturated heterocycles. The molecule has 0 saturated carbocycles. The lowest BCUT2D eigenvalue weighted by atomic mass is 10.2. The van der Waals surface area contributed by atoms with Gasteiger partial charge in [0.15, 0.2) is 16.8 Å². The van der Waals surface area contributed by atoms with Crippen molar-refractivity contribution in [1.29, 1.82) is 0 Å². The number of carbonyl (C=O) groups is 1. The SMILES string of the molecule is C[Si](C)(F)N1[Si](C)(C)N([Si](C)(C)NC(=O)c2ccccc2)[Si]1(C)C. The summed E-state index contributed by atoms with van der Waals surface area (Å²) in [5.74, 6) is -0.0166. The number of amides is 1. The first-order chi connectivity index (χ1) is 10.7. The molecule has 0 spiro atoms. The predicted octanol–water partition coefficient (Wildman–Crippen LogP) is 3.81. The van der Waals surface area contributed by atoms with Crippen molar-refractivity contribution in [2.24, 2.45) is 0 Å². The van der Waals surface area contributed by atoms with E-state index >= 15 is 0 Å². The Balaban J connectivity index is 2.28. The lowest BCUT2D eigenvalue weighted by molar-refractivity contribution is 0.0976. The molecule has 1 amide bonds. The normalized spacial score (nSPS) is 21.2. The first kappa shape index (κ1) is 19.7. The summed E-state index contributed by atoms with van der Waals surface area (Å²) in [6.45, 7) is 16.9. The molecule has 0 bridgehead atoms. The van der Waals surface area contributed by atoms with Gasteiger partial charge in [-0.05, 0) is 64.5 Å². The van der Waals surface area contributed by atoms with Crippen molar-refractivity contribution in [1.82, 2.24) is 12.8 Å². The first-order valence-electron chi connectivity index (χ1n) is 8.40. The van der Waals surface area contributed by atoms with E-state index in [2.05, 4.69) is 52.1 Å². The standard InChI is InChI=1S/C15H30FN3OSi4/c1-21(2,16)18-23(5,6)19(24(18,7)8)22(3,4)17-15(20)14-12-10-9-11-13-14/h9-13H,1-8H3,(H,17,20). The average molecular weight is 400 g/mol. The molecule has 1 aliphatic heterocycles. The van der Waals surface area contributed by atoms with Crippen LogP contribution in [0.2, 0.25) is 52.4 Å². The number of rotatable bonds is 4. The molecule has 0 aliphatic carbocycles. The van der Waals surface area contributed by atoms with Crippen LogP contribution in [-0.4, -0.2) is 47.5 Å². The highest BCUT2D eigenvalue weighted by Gasteiger charge is 2.70. The van der Waals surface area contributed by atoms with E-state index in [1.54, 1.807) is 13.1 Å². The van der Waals surface area contributed by atoms with Crippen molar-refractivity contribution in [3.8, 4) is 0 Å². The summed E-state index contributed by atoms with van der Waals surface area (Å²) < 4.78 is 19.8. The molecular weight excluding hydrogens is 370 g/mol. The molecule has 1 aromatic carbocycles. The Hall–Kier alpha value is -0.592. The minimum absolute atomic E-state index is 0.0166. The number of hydrogen-bond acceptors (Lipinski definition) is 3. The van der Waals surface area contributed by atoms with Gasteiger partial charge in [-0.3, -0.25) is 8.90 Å². The maximum Gasteiger partial charge on any atom is 0.305 e. The van der Waals surface area contributed by atoms with Gasteiger partial charge < -0.3 is 12.8 Å². The van der Waals surface area contributed by atoms with Crippen LogP contribution in [0.4, 0.5) is 4.11 Å². The van der Waals surface area contributed by atoms with Gasteiger partial charge in [0.05, 0.1) is 0 Å². The fraction of sp³-hybridized carbons (Fsp3) is 0.533. The molecule has 0 atom stereocenters. The van der Waals surface area contributed by atoms with Crippen molar-refractivity contribution >= 4 is 39.7 Å². The molecule has 1 fully saturated rings. The third-order valence-electron chi connectivity index (χ3n) is 4.74. The molecule has 0 radical (unpaired) electrons. The molecule has 2 rings (SSSR count). The van der Waals surface area contributed by atoms with E-state index in [9.17, 15) is 8.90 Å². The molecule has 0 unspecified atom stereocenters. The third-order valence-corrected chi connectivity index (χ3v) is 31.8. The molecular formula is C15H30FN3OSi4. The minimum Gasteiger partial charge on any atom is -0.366 e. The van der Waals surface area contributed by atoms with Gasteiger partial charge >= 0.3 is 8.57 Å². The zero-order chi connectivity index (χ0) is 18.6. The summed E-state index contributed by atoms with van der Waals surface area (Å²) in [7, 11) is -9.07. The van der Waals surface area contributed by atoms with E-state index < -0.39 is 33.8 Å². The maximum atomic E-state index is 14.9. The second-order valence-electron chi connectivity index (χ2n) is 8.45. The minimum atomic E-state index is -2.84. The van der Waals surface area contributed by atoms with Crippen LogP contribution in [0.5, 0.6) is 0 Å². The van der Waals surface area contributed by atoms with Gasteiger partial charge in [0, 0.05) is 5.56 Å². The Kier molecular flexibility index (Phi) is 4.92. The van der Waals surface area contributed by atoms with Crippen LogP contribution in [0.15, 0.2) is 30.3 Å². The second-order valence-corrected chi connectivity index (χ2v) is 26.0. The summed E-state index contributed by atoms with van der Waals surface area (Å²) in [6.07, 6.45) is 0. The van der Waals surface area contributed by atoms with Crippen LogP contribution in [0.25, 0.3) is 0 Å². The van der Waals surface area contributed by atoms with Crippen LogP contribution < -0.4 is 4.98 Å². The fourth-order valence-electron chi connectivity index (χ4n) is 5.16. The lowest BCUT2D eigenvalue weighted by Crippen LogP contribution is -2.98. The van der Waals surface area contributed by atoms with E-state index in [1.165, 1.54) is 0 Å². The average Bonchev–Trinajstić information content (AvgIpc) is 2.34. The Bertz CT molecular complexity index is 615. The Labute approximate surface area is 149 Å². The molecule has 1 heterocycles. The first-order valence-corrected chi connectivity index (χ1v) is 20.0. The van der Waals surface area contributed by atoms with Gasteiger partial charge in [0.1, 0.15) is 0 Å². The lowest BCUT2D eigenvalue weighted by Gasteiger charge is -2.73. The van der Waals surface area contributed by atoms with Gasteiger partial charge in [0.2, 0.25) is 14.3 Å². The van der Waals surface area contributed by atoms with E-state index in [-0.39, 0.29) is 5.91 Å². The monoisotopic (exact) mass is 399 g/mol. The number of carbonyl (C=O) groups excluding carboxylic acids is 1. The molecule has 4 nitrogen and oxygen atoms in total. The fourth-order valence-corrected chi connectivity index (χ4v) is 42.3. The molecule has 9 heteroatoms. The number of benzene rings is 1. The summed E-state index contributed by atoms with van der Waals surface area (Å²) in [6, 6.07) is 9.34. The maximum absolute atomic E-state index is 14.9. The largest absolute Gasteiger partial charge is 0.366 e. The summed E-state index contributed by atoms with van der Waals surface area (Å²) >= 11 is 0. The van der Waals surface area contributed by atoms with Gasteiger partial charge in [-0.2, -0.15) is 0 Å². The number of nitrogens with one attached hydrogen (secondary N) is 1. The molecule has 1 aliphatic rings. The number of hydrogen-bond donors (Lipinski definition) is 1. The molecule has 1 N–H and O–H groups in total. The highest BCUT2D eigenvalue weighted by atomic mass is 28.6. The van der Waals surface area contributed by atoms with Crippen LogP contribution in [0.1, 0.15) is 10.4 Å². The van der Waals surface area contributed by atoms with Crippen LogP contribution in [-0.2, 0) is 0 Å². The van der Waals surface area contributed by atoms with Crippen LogP contribution >= 0.6 is 0 Å². The quantitative estimate of drug-likeness (QED) is 0.618. The highest BCUT2D eigenvalue weighted by molar-refractivity contribution is 7.19. The zero-order valence-corrected chi connectivity index (χ0v) is 20.1. The number of halogens is 1. The molecule has 0 aromatic heterocycles. The van der Waals surface area contributed by atoms with Gasteiger partial charge in [-0.15, -0.1) is 0 Å². The van der Waals surface area contributed by atoms with E-state index in [1.807, 2.05) is 30.3 Å². The van der Waals surface area contributed by atoms with Crippen LogP contribution in [0, 0.1) is 0 Å². The smallest absolute Gasteiger partial charge is 0.305 e. The van der Waals surface area contributed by atoms with Crippen molar-refractivity contribution in [2.45, 2.75) is 52.4 Å². The Morgan fingerprint density at radius 1 is 0.958 bits per heavy atom. The topological polar surface area (TPSA) is 35.6 Å². The highest BCUT2D eigenvalue weighted by Crippen LogP contribution is 2.45. The van der Waals surface area contributed by atoms with Crippen molar-refractivity contribution in [2.75, 3.05) is 0 Å². The van der Waals surface area contributed by atoms with E-state index in [4.69, 9.17) is 0 Å². The van der Waals surface area contributed by atoms with Gasteiger partial charge in [-0.25, -0.2) is 0 Å². The van der Waals surface area contributed by atoms with Crippen molar-refractivity contribution < 1.29 is 8.90 Å². The number of nitrogens with zero attached hydrogens (tertiary/aromatic N) is 2. The predicted molar refractivity (Wildman–Crippen MR) is 109 cm³/mol. The van der Waals surface area contributed by atoms with Crippen molar-refractivity contribution in [3.63, 3.8) is 0 Å². The molecule has 134 valence electrons. The molecule has 24 heavy (non-hydrogen) atoms. The third kappa shape index (κ3) is 3.25.